The van der Waals surface area contributed by atoms with Crippen molar-refractivity contribution in [2.45, 2.75) is 13.3 Å². The maximum atomic E-state index is 10.6. The lowest BCUT2D eigenvalue weighted by molar-refractivity contribution is 0.111. The van der Waals surface area contributed by atoms with Gasteiger partial charge in [-0.3, -0.25) is 9.20 Å². The fourth-order valence-electron chi connectivity index (χ4n) is 1.20. The van der Waals surface area contributed by atoms with E-state index < -0.39 is 0 Å². The second-order valence-electron chi connectivity index (χ2n) is 2.79. The van der Waals surface area contributed by atoms with Crippen molar-refractivity contribution in [3.05, 3.63) is 29.8 Å². The van der Waals surface area contributed by atoms with Gasteiger partial charge < -0.3 is 0 Å². The van der Waals surface area contributed by atoms with E-state index in [9.17, 15) is 4.79 Å². The molecule has 0 spiro atoms. The van der Waals surface area contributed by atoms with Gasteiger partial charge in [0.25, 0.3) is 0 Å². The Hall–Kier alpha value is -1.71. The predicted molar refractivity (Wildman–Crippen MR) is 47.8 cm³/mol. The topological polar surface area (TPSA) is 47.3 Å². The molecule has 0 aliphatic carbocycles. The molecule has 0 atom stereocenters. The van der Waals surface area contributed by atoms with E-state index in [1.165, 1.54) is 6.20 Å². The summed E-state index contributed by atoms with van der Waals surface area (Å²) in [5.41, 5.74) is 1.63. The molecule has 0 saturated carbocycles. The Morgan fingerprint density at radius 2 is 2.23 bits per heavy atom. The highest BCUT2D eigenvalue weighted by Gasteiger charge is 2.02. The van der Waals surface area contributed by atoms with Crippen molar-refractivity contribution in [1.29, 1.82) is 0 Å². The van der Waals surface area contributed by atoms with E-state index in [1.807, 2.05) is 13.1 Å². The molecule has 2 aromatic rings. The molecule has 2 heterocycles. The van der Waals surface area contributed by atoms with Crippen molar-refractivity contribution in [2.75, 3.05) is 0 Å². The van der Waals surface area contributed by atoms with Crippen LogP contribution >= 0.6 is 0 Å². The molecular weight excluding hydrogens is 166 g/mol. The standard InChI is InChI=1S/C9H9N3O/c1-2-7-3-10-9-11-4-8(6-13)12(9)5-7/h3-6H,2H2,1H3. The highest BCUT2D eigenvalue weighted by Crippen LogP contribution is 2.04. The molecule has 0 fully saturated rings. The zero-order valence-electron chi connectivity index (χ0n) is 7.27. The summed E-state index contributed by atoms with van der Waals surface area (Å²) in [5, 5.41) is 0. The molecule has 66 valence electrons. The van der Waals surface area contributed by atoms with Crippen molar-refractivity contribution in [1.82, 2.24) is 14.4 Å². The average Bonchev–Trinajstić information content (AvgIpc) is 2.59. The largest absolute Gasteiger partial charge is 0.296 e. The van der Waals surface area contributed by atoms with Crippen LogP contribution in [0.3, 0.4) is 0 Å². The van der Waals surface area contributed by atoms with Gasteiger partial charge in [-0.1, -0.05) is 6.92 Å². The second-order valence-corrected chi connectivity index (χ2v) is 2.79. The van der Waals surface area contributed by atoms with E-state index in [0.717, 1.165) is 18.3 Å². The number of hydrogen-bond donors (Lipinski definition) is 0. The van der Waals surface area contributed by atoms with Gasteiger partial charge in [-0.2, -0.15) is 0 Å². The van der Waals surface area contributed by atoms with Crippen molar-refractivity contribution >= 4 is 12.1 Å². The van der Waals surface area contributed by atoms with Gasteiger partial charge in [0.15, 0.2) is 6.29 Å². The molecule has 0 N–H and O–H groups in total. The van der Waals surface area contributed by atoms with Crippen LogP contribution in [0.2, 0.25) is 0 Å². The van der Waals surface area contributed by atoms with Crippen LogP contribution in [0.5, 0.6) is 0 Å². The minimum absolute atomic E-state index is 0.540. The summed E-state index contributed by atoms with van der Waals surface area (Å²) in [5.74, 6) is 0.569. The SMILES string of the molecule is CCc1cnc2ncc(C=O)n2c1. The van der Waals surface area contributed by atoms with Crippen LogP contribution in [0.4, 0.5) is 0 Å². The van der Waals surface area contributed by atoms with Crippen LogP contribution in [0.25, 0.3) is 5.78 Å². The van der Waals surface area contributed by atoms with Gasteiger partial charge in [0, 0.05) is 12.4 Å². The first kappa shape index (κ1) is 7.91. The Balaban J connectivity index is 2.71. The van der Waals surface area contributed by atoms with Crippen LogP contribution in [0.1, 0.15) is 23.0 Å². The van der Waals surface area contributed by atoms with E-state index in [1.54, 1.807) is 10.6 Å². The minimum Gasteiger partial charge on any atom is -0.296 e. The summed E-state index contributed by atoms with van der Waals surface area (Å²) >= 11 is 0. The van der Waals surface area contributed by atoms with E-state index in [2.05, 4.69) is 9.97 Å². The van der Waals surface area contributed by atoms with Crippen molar-refractivity contribution in [2.24, 2.45) is 0 Å². The second kappa shape index (κ2) is 2.97. The Labute approximate surface area is 75.2 Å². The zero-order chi connectivity index (χ0) is 9.26. The first-order valence-corrected chi connectivity index (χ1v) is 4.12. The smallest absolute Gasteiger partial charge is 0.234 e. The summed E-state index contributed by atoms with van der Waals surface area (Å²) in [4.78, 5) is 18.7. The summed E-state index contributed by atoms with van der Waals surface area (Å²) in [6.07, 6.45) is 6.87. The predicted octanol–water partition coefficient (Wildman–Crippen LogP) is 1.10. The Bertz CT molecular complexity index is 447. The number of imidazole rings is 1. The lowest BCUT2D eigenvalue weighted by Gasteiger charge is -1.97. The molecule has 0 saturated heterocycles. The third kappa shape index (κ3) is 1.20. The first-order valence-electron chi connectivity index (χ1n) is 4.12. The molecule has 0 aliphatic rings. The van der Waals surface area contributed by atoms with Crippen LogP contribution in [-0.4, -0.2) is 20.7 Å². The zero-order valence-corrected chi connectivity index (χ0v) is 7.27. The molecule has 2 rings (SSSR count). The number of nitrogens with zero attached hydrogens (tertiary/aromatic N) is 3. The summed E-state index contributed by atoms with van der Waals surface area (Å²) in [6, 6.07) is 0. The minimum atomic E-state index is 0.540. The maximum absolute atomic E-state index is 10.6. The number of carbonyl (C=O) groups excluding carboxylic acids is 1. The molecule has 4 heteroatoms. The summed E-state index contributed by atoms with van der Waals surface area (Å²) in [6.45, 7) is 2.04. The summed E-state index contributed by atoms with van der Waals surface area (Å²) in [7, 11) is 0. The third-order valence-corrected chi connectivity index (χ3v) is 1.98. The average molecular weight is 175 g/mol. The van der Waals surface area contributed by atoms with Crippen LogP contribution in [0.15, 0.2) is 18.6 Å². The van der Waals surface area contributed by atoms with Gasteiger partial charge in [0.05, 0.1) is 6.20 Å². The molecule has 0 aromatic carbocycles. The van der Waals surface area contributed by atoms with Crippen molar-refractivity contribution < 1.29 is 4.79 Å². The van der Waals surface area contributed by atoms with Gasteiger partial charge in [-0.05, 0) is 12.0 Å². The molecule has 13 heavy (non-hydrogen) atoms. The van der Waals surface area contributed by atoms with E-state index in [0.29, 0.717) is 11.5 Å². The van der Waals surface area contributed by atoms with Crippen LogP contribution < -0.4 is 0 Å². The fraction of sp³-hybridized carbons (Fsp3) is 0.222. The van der Waals surface area contributed by atoms with E-state index in [-0.39, 0.29) is 0 Å². The molecule has 2 aromatic heterocycles. The fourth-order valence-corrected chi connectivity index (χ4v) is 1.20. The summed E-state index contributed by atoms with van der Waals surface area (Å²) < 4.78 is 1.70. The van der Waals surface area contributed by atoms with Crippen LogP contribution in [0, 0.1) is 0 Å². The number of rotatable bonds is 2. The highest BCUT2D eigenvalue weighted by molar-refractivity contribution is 5.73. The molecule has 4 nitrogen and oxygen atoms in total. The Kier molecular flexibility index (Phi) is 1.81. The van der Waals surface area contributed by atoms with Crippen LogP contribution in [-0.2, 0) is 6.42 Å². The molecule has 0 amide bonds. The van der Waals surface area contributed by atoms with Gasteiger partial charge in [0.1, 0.15) is 5.69 Å². The molecule has 0 aliphatic heterocycles. The van der Waals surface area contributed by atoms with Gasteiger partial charge in [0.2, 0.25) is 5.78 Å². The van der Waals surface area contributed by atoms with Crippen molar-refractivity contribution in [3.8, 4) is 0 Å². The lowest BCUT2D eigenvalue weighted by Crippen LogP contribution is -1.95. The van der Waals surface area contributed by atoms with Gasteiger partial charge >= 0.3 is 0 Å². The molecule has 0 radical (unpaired) electrons. The third-order valence-electron chi connectivity index (χ3n) is 1.98. The lowest BCUT2D eigenvalue weighted by atomic mass is 10.3. The van der Waals surface area contributed by atoms with Gasteiger partial charge in [-0.15, -0.1) is 0 Å². The number of carbonyl (C=O) groups is 1. The van der Waals surface area contributed by atoms with Crippen molar-refractivity contribution in [3.63, 3.8) is 0 Å². The number of aromatic nitrogens is 3. The quantitative estimate of drug-likeness (QED) is 0.642. The maximum Gasteiger partial charge on any atom is 0.234 e. The Morgan fingerprint density at radius 3 is 2.92 bits per heavy atom. The molecule has 0 unspecified atom stereocenters. The van der Waals surface area contributed by atoms with E-state index in [4.69, 9.17) is 0 Å². The van der Waals surface area contributed by atoms with E-state index >= 15 is 0 Å². The highest BCUT2D eigenvalue weighted by atomic mass is 16.1. The molecular formula is C9H9N3O. The monoisotopic (exact) mass is 175 g/mol. The number of hydrogen-bond acceptors (Lipinski definition) is 3. The normalized spacial score (nSPS) is 10.5. The Morgan fingerprint density at radius 1 is 1.46 bits per heavy atom. The number of aryl methyl sites for hydroxylation is 1. The first-order chi connectivity index (χ1) is 6.35. The number of fused-ring (bicyclic) bond motifs is 1. The molecule has 0 bridgehead atoms. The number of aldehydes is 1. The van der Waals surface area contributed by atoms with Gasteiger partial charge in [-0.25, -0.2) is 9.97 Å².